The van der Waals surface area contributed by atoms with E-state index in [1.807, 2.05) is 55.6 Å². The van der Waals surface area contributed by atoms with E-state index in [0.717, 1.165) is 65.2 Å². The molecule has 1 saturated carbocycles. The topological polar surface area (TPSA) is 77.5 Å². The average Bonchev–Trinajstić information content (AvgIpc) is 3.12. The largest absolute Gasteiger partial charge is 0.457 e. The smallest absolute Gasteiger partial charge is 0.254 e. The molecule has 6 rings (SSSR count). The molecular weight excluding hydrogens is 436 g/mol. The molecule has 2 aliphatic heterocycles. The number of nitrogens with one attached hydrogen (secondary N) is 3. The highest BCUT2D eigenvalue weighted by Crippen LogP contribution is 2.48. The number of nitrogens with zero attached hydrogens (tertiary/aromatic N) is 1. The molecule has 0 atom stereocenters. The molecule has 3 N–H and O–H groups in total. The summed E-state index contributed by atoms with van der Waals surface area (Å²) in [5.41, 5.74) is 6.79. The number of benzene rings is 3. The Labute approximate surface area is 205 Å². The lowest BCUT2D eigenvalue weighted by Gasteiger charge is -2.56. The first-order valence-electron chi connectivity index (χ1n) is 12.2. The molecule has 1 amide bonds. The van der Waals surface area contributed by atoms with Crippen LogP contribution in [0.15, 0.2) is 60.7 Å². The van der Waals surface area contributed by atoms with Crippen LogP contribution in [0.4, 0.5) is 5.69 Å². The second-order valence-corrected chi connectivity index (χ2v) is 10.2. The summed E-state index contributed by atoms with van der Waals surface area (Å²) in [7, 11) is 1.85. The van der Waals surface area contributed by atoms with Crippen LogP contribution in [0, 0.1) is 10.8 Å². The van der Waals surface area contributed by atoms with Crippen molar-refractivity contribution in [1.82, 2.24) is 10.2 Å². The van der Waals surface area contributed by atoms with Crippen molar-refractivity contribution in [1.29, 1.82) is 5.41 Å². The molecule has 1 saturated heterocycles. The van der Waals surface area contributed by atoms with Gasteiger partial charge in [-0.05, 0) is 78.3 Å². The normalized spacial score (nSPS) is 18.1. The maximum atomic E-state index is 13.0. The Morgan fingerprint density at radius 1 is 1.06 bits per heavy atom. The summed E-state index contributed by atoms with van der Waals surface area (Å²) in [6, 6.07) is 20.3. The minimum absolute atomic E-state index is 0.180. The lowest BCUT2D eigenvalue weighted by atomic mass is 9.61. The molecule has 0 radical (unpaired) electrons. The van der Waals surface area contributed by atoms with Crippen molar-refractivity contribution in [2.45, 2.75) is 32.4 Å². The molecule has 35 heavy (non-hydrogen) atoms. The third-order valence-electron chi connectivity index (χ3n) is 7.78. The zero-order valence-electron chi connectivity index (χ0n) is 20.2. The van der Waals surface area contributed by atoms with Gasteiger partial charge in [-0.1, -0.05) is 18.2 Å². The van der Waals surface area contributed by atoms with Crippen molar-refractivity contribution in [2.24, 2.45) is 5.41 Å². The molecule has 2 heterocycles. The number of rotatable bonds is 6. The Kier molecular flexibility index (Phi) is 5.15. The minimum Gasteiger partial charge on any atom is -0.457 e. The van der Waals surface area contributed by atoms with Gasteiger partial charge in [-0.25, -0.2) is 0 Å². The van der Waals surface area contributed by atoms with E-state index in [1.165, 1.54) is 0 Å². The molecule has 0 bridgehead atoms. The van der Waals surface area contributed by atoms with E-state index in [1.54, 1.807) is 6.92 Å². The van der Waals surface area contributed by atoms with Gasteiger partial charge in [0.1, 0.15) is 11.5 Å². The number of carbonyl (C=O) groups excluding carboxylic acids is 1. The summed E-state index contributed by atoms with van der Waals surface area (Å²) < 4.78 is 6.16. The highest BCUT2D eigenvalue weighted by atomic mass is 16.5. The Bertz CT molecular complexity index is 1340. The van der Waals surface area contributed by atoms with Crippen LogP contribution in [0.3, 0.4) is 0 Å². The molecule has 3 aromatic carbocycles. The Balaban J connectivity index is 1.20. The van der Waals surface area contributed by atoms with Crippen molar-refractivity contribution in [3.63, 3.8) is 0 Å². The first kappa shape index (κ1) is 21.9. The Hall–Kier alpha value is -3.64. The van der Waals surface area contributed by atoms with Crippen LogP contribution in [-0.2, 0) is 6.54 Å². The van der Waals surface area contributed by atoms with Crippen LogP contribution in [0.5, 0.6) is 11.5 Å². The lowest BCUT2D eigenvalue weighted by Crippen LogP contribution is -2.65. The van der Waals surface area contributed by atoms with Gasteiger partial charge in [0.25, 0.3) is 5.91 Å². The van der Waals surface area contributed by atoms with Crippen LogP contribution < -0.4 is 15.4 Å². The fraction of sp³-hybridized carbons (Fsp3) is 0.310. The van der Waals surface area contributed by atoms with Gasteiger partial charge in [0.15, 0.2) is 0 Å². The molecule has 3 aliphatic rings. The van der Waals surface area contributed by atoms with E-state index in [-0.39, 0.29) is 5.91 Å². The second kappa shape index (κ2) is 8.24. The zero-order chi connectivity index (χ0) is 24.2. The summed E-state index contributed by atoms with van der Waals surface area (Å²) >= 11 is 0. The molecule has 178 valence electrons. The fourth-order valence-electron chi connectivity index (χ4n) is 5.74. The van der Waals surface area contributed by atoms with Crippen LogP contribution in [0.2, 0.25) is 0 Å². The van der Waals surface area contributed by atoms with E-state index in [0.29, 0.717) is 29.5 Å². The van der Waals surface area contributed by atoms with Crippen molar-refractivity contribution in [3.05, 3.63) is 77.4 Å². The molecule has 1 spiro atoms. The maximum absolute atomic E-state index is 13.0. The minimum atomic E-state index is 0.180. The molecule has 0 unspecified atom stereocenters. The third-order valence-corrected chi connectivity index (χ3v) is 7.78. The summed E-state index contributed by atoms with van der Waals surface area (Å²) in [6.45, 7) is 4.68. The zero-order valence-corrected chi connectivity index (χ0v) is 20.2. The number of ether oxygens (including phenoxy) is 1. The van der Waals surface area contributed by atoms with Crippen LogP contribution in [0.25, 0.3) is 11.1 Å². The molecule has 2 fully saturated rings. The third kappa shape index (κ3) is 3.78. The SMILES string of the molecule is CNc1cc(Oc2cccc(-c3ccc4c(c3)CN(C3CC5(CNC5)C3)C4=O)c2)ccc1C(C)=N. The maximum Gasteiger partial charge on any atom is 0.254 e. The predicted octanol–water partition coefficient (Wildman–Crippen LogP) is 5.28. The second-order valence-electron chi connectivity index (χ2n) is 10.2. The van der Waals surface area contributed by atoms with Gasteiger partial charge in [0, 0.05) is 61.3 Å². The van der Waals surface area contributed by atoms with E-state index >= 15 is 0 Å². The molecule has 1 aliphatic carbocycles. The molecule has 3 aromatic rings. The first-order valence-corrected chi connectivity index (χ1v) is 12.2. The van der Waals surface area contributed by atoms with Gasteiger partial charge in [0.05, 0.1) is 0 Å². The van der Waals surface area contributed by atoms with Crippen LogP contribution in [0.1, 0.15) is 41.3 Å². The summed E-state index contributed by atoms with van der Waals surface area (Å²) in [5, 5.41) is 14.5. The number of fused-ring (bicyclic) bond motifs is 1. The van der Waals surface area contributed by atoms with E-state index in [9.17, 15) is 4.79 Å². The van der Waals surface area contributed by atoms with Gasteiger partial charge < -0.3 is 25.7 Å². The highest BCUT2D eigenvalue weighted by Gasteiger charge is 2.52. The van der Waals surface area contributed by atoms with Gasteiger partial charge in [0.2, 0.25) is 0 Å². The van der Waals surface area contributed by atoms with E-state index < -0.39 is 0 Å². The first-order chi connectivity index (χ1) is 16.9. The van der Waals surface area contributed by atoms with Gasteiger partial charge >= 0.3 is 0 Å². The summed E-state index contributed by atoms with van der Waals surface area (Å²) in [6.07, 6.45) is 2.25. The van der Waals surface area contributed by atoms with Gasteiger partial charge in [-0.3, -0.25) is 4.79 Å². The van der Waals surface area contributed by atoms with Gasteiger partial charge in [-0.2, -0.15) is 0 Å². The highest BCUT2D eigenvalue weighted by molar-refractivity contribution is 6.01. The van der Waals surface area contributed by atoms with Crippen molar-refractivity contribution in [3.8, 4) is 22.6 Å². The summed E-state index contributed by atoms with van der Waals surface area (Å²) in [4.78, 5) is 15.1. The summed E-state index contributed by atoms with van der Waals surface area (Å²) in [5.74, 6) is 1.64. The standard InChI is InChI=1S/C29H30N4O2/c1-18(30)25-9-7-24(12-27(25)31-2)35-23-5-3-4-19(11-23)20-6-8-26-21(10-20)15-33(28(26)34)22-13-29(14-22)16-32-17-29/h3-12,22,30-32H,13-17H2,1-2H3. The molecule has 6 heteroatoms. The number of anilines is 1. The lowest BCUT2D eigenvalue weighted by molar-refractivity contribution is -0.0268. The number of amides is 1. The Morgan fingerprint density at radius 2 is 1.83 bits per heavy atom. The number of hydrogen-bond acceptors (Lipinski definition) is 5. The number of carbonyl (C=O) groups is 1. The molecule has 0 aromatic heterocycles. The van der Waals surface area contributed by atoms with Crippen LogP contribution in [-0.4, -0.2) is 42.7 Å². The monoisotopic (exact) mass is 466 g/mol. The van der Waals surface area contributed by atoms with Crippen molar-refractivity contribution < 1.29 is 9.53 Å². The average molecular weight is 467 g/mol. The fourth-order valence-corrected chi connectivity index (χ4v) is 5.74. The van der Waals surface area contributed by atoms with Crippen molar-refractivity contribution >= 4 is 17.3 Å². The quantitative estimate of drug-likeness (QED) is 0.432. The molecule has 6 nitrogen and oxygen atoms in total. The van der Waals surface area contributed by atoms with Gasteiger partial charge in [-0.15, -0.1) is 0 Å². The molecular formula is C29H30N4O2. The van der Waals surface area contributed by atoms with E-state index in [2.05, 4.69) is 27.7 Å². The number of hydrogen-bond donors (Lipinski definition) is 3. The van der Waals surface area contributed by atoms with Crippen molar-refractivity contribution in [2.75, 3.05) is 25.5 Å². The predicted molar refractivity (Wildman–Crippen MR) is 139 cm³/mol. The van der Waals surface area contributed by atoms with E-state index in [4.69, 9.17) is 10.1 Å². The Morgan fingerprint density at radius 3 is 2.54 bits per heavy atom. The van der Waals surface area contributed by atoms with Crippen LogP contribution >= 0.6 is 0 Å².